The van der Waals surface area contributed by atoms with Gasteiger partial charge in [-0.05, 0) is 63.7 Å². The van der Waals surface area contributed by atoms with E-state index >= 15 is 0 Å². The first-order valence-corrected chi connectivity index (χ1v) is 12.1. The average molecular weight is 472 g/mol. The summed E-state index contributed by atoms with van der Waals surface area (Å²) < 4.78 is 31.5. The fourth-order valence-electron chi connectivity index (χ4n) is 4.76. The summed E-state index contributed by atoms with van der Waals surface area (Å²) in [4.78, 5) is 11.5. The molecule has 4 rings (SSSR count). The molecule has 2 heterocycles. The Balaban J connectivity index is 1.67. The number of hydrogen-bond donors (Lipinski definition) is 1. The van der Waals surface area contributed by atoms with Crippen LogP contribution in [0.2, 0.25) is 0 Å². The van der Waals surface area contributed by atoms with E-state index in [0.717, 1.165) is 47.5 Å². The maximum Gasteiger partial charge on any atom is 0.345 e. The standard InChI is InChI=1S/C26H35F2N5O/c1-17-5-11-21(12-6-17)33-15-23(20-9-7-19(8-10-20)14-32(3)4)22-13-29-26(31-24(22)33)30-18(2)16-34-25(27)28/h7-10,13,15,17-18,21,25H,5-6,11-12,14,16H2,1-4H3,(H,29,30,31)/t17?,18-,21?/m0/s1. The number of rotatable bonds is 9. The lowest BCUT2D eigenvalue weighted by molar-refractivity contribution is -0.130. The molecule has 1 aliphatic carbocycles. The fraction of sp³-hybridized carbons (Fsp3) is 0.538. The largest absolute Gasteiger partial charge is 0.349 e. The van der Waals surface area contributed by atoms with Crippen LogP contribution in [0.4, 0.5) is 14.7 Å². The zero-order valence-electron chi connectivity index (χ0n) is 20.5. The fourth-order valence-corrected chi connectivity index (χ4v) is 4.76. The van der Waals surface area contributed by atoms with Gasteiger partial charge < -0.3 is 19.5 Å². The number of ether oxygens (including phenoxy) is 1. The van der Waals surface area contributed by atoms with E-state index in [1.165, 1.54) is 18.4 Å². The Hall–Kier alpha value is -2.58. The van der Waals surface area contributed by atoms with Crippen molar-refractivity contribution in [1.82, 2.24) is 19.4 Å². The van der Waals surface area contributed by atoms with Gasteiger partial charge in [-0.2, -0.15) is 13.8 Å². The summed E-state index contributed by atoms with van der Waals surface area (Å²) >= 11 is 0. The minimum atomic E-state index is -2.79. The van der Waals surface area contributed by atoms with E-state index in [9.17, 15) is 8.78 Å². The van der Waals surface area contributed by atoms with Gasteiger partial charge in [-0.1, -0.05) is 31.2 Å². The normalized spacial score (nSPS) is 19.8. The van der Waals surface area contributed by atoms with Crippen molar-refractivity contribution in [3.63, 3.8) is 0 Å². The molecule has 8 heteroatoms. The van der Waals surface area contributed by atoms with Crippen molar-refractivity contribution in [1.29, 1.82) is 0 Å². The topological polar surface area (TPSA) is 55.2 Å². The number of fused-ring (bicyclic) bond motifs is 1. The molecule has 2 aromatic heterocycles. The van der Waals surface area contributed by atoms with Crippen LogP contribution in [-0.4, -0.2) is 52.8 Å². The van der Waals surface area contributed by atoms with Gasteiger partial charge in [0, 0.05) is 42.0 Å². The van der Waals surface area contributed by atoms with Gasteiger partial charge >= 0.3 is 6.61 Å². The van der Waals surface area contributed by atoms with Gasteiger partial charge in [0.25, 0.3) is 0 Å². The number of benzene rings is 1. The predicted molar refractivity (Wildman–Crippen MR) is 132 cm³/mol. The van der Waals surface area contributed by atoms with Gasteiger partial charge in [-0.15, -0.1) is 0 Å². The van der Waals surface area contributed by atoms with Crippen LogP contribution < -0.4 is 5.32 Å². The molecule has 1 N–H and O–H groups in total. The smallest absolute Gasteiger partial charge is 0.345 e. The Kier molecular flexibility index (Phi) is 7.78. The van der Waals surface area contributed by atoms with Gasteiger partial charge in [-0.3, -0.25) is 0 Å². The first-order valence-electron chi connectivity index (χ1n) is 12.1. The number of anilines is 1. The van der Waals surface area contributed by atoms with Crippen LogP contribution in [0.3, 0.4) is 0 Å². The summed E-state index contributed by atoms with van der Waals surface area (Å²) in [6.07, 6.45) is 8.72. The lowest BCUT2D eigenvalue weighted by atomic mass is 9.87. The number of hydrogen-bond acceptors (Lipinski definition) is 5. The minimum absolute atomic E-state index is 0.120. The van der Waals surface area contributed by atoms with Crippen molar-refractivity contribution in [3.05, 3.63) is 42.2 Å². The van der Waals surface area contributed by atoms with E-state index in [1.807, 2.05) is 6.20 Å². The molecule has 34 heavy (non-hydrogen) atoms. The third kappa shape index (κ3) is 5.91. The van der Waals surface area contributed by atoms with E-state index in [4.69, 9.17) is 4.98 Å². The van der Waals surface area contributed by atoms with Crippen molar-refractivity contribution in [2.45, 2.75) is 64.8 Å². The summed E-state index contributed by atoms with van der Waals surface area (Å²) in [5.41, 5.74) is 4.40. The Morgan fingerprint density at radius 1 is 1.15 bits per heavy atom. The summed E-state index contributed by atoms with van der Waals surface area (Å²) in [7, 11) is 4.13. The quantitative estimate of drug-likeness (QED) is 0.418. The van der Waals surface area contributed by atoms with E-state index in [-0.39, 0.29) is 12.6 Å². The van der Waals surface area contributed by atoms with Crippen LogP contribution in [0.5, 0.6) is 0 Å². The molecular formula is C26H35F2N5O. The second-order valence-electron chi connectivity index (χ2n) is 9.87. The zero-order chi connectivity index (χ0) is 24.2. The molecule has 1 atom stereocenters. The number of nitrogens with one attached hydrogen (secondary N) is 1. The molecule has 0 amide bonds. The molecule has 3 aromatic rings. The average Bonchev–Trinajstić information content (AvgIpc) is 3.17. The first-order chi connectivity index (χ1) is 16.3. The highest BCUT2D eigenvalue weighted by molar-refractivity contribution is 5.94. The maximum absolute atomic E-state index is 12.4. The molecule has 0 radical (unpaired) electrons. The van der Waals surface area contributed by atoms with Crippen molar-refractivity contribution in [3.8, 4) is 11.1 Å². The summed E-state index contributed by atoms with van der Waals surface area (Å²) in [6, 6.07) is 8.72. The Labute approximate surface area is 200 Å². The molecule has 0 unspecified atom stereocenters. The van der Waals surface area contributed by atoms with Crippen molar-refractivity contribution >= 4 is 17.0 Å². The lowest BCUT2D eigenvalue weighted by Crippen LogP contribution is -2.24. The van der Waals surface area contributed by atoms with E-state index < -0.39 is 6.61 Å². The predicted octanol–water partition coefficient (Wildman–Crippen LogP) is 5.95. The monoisotopic (exact) mass is 471 g/mol. The van der Waals surface area contributed by atoms with Gasteiger partial charge in [0.1, 0.15) is 5.65 Å². The second kappa shape index (κ2) is 10.8. The molecule has 184 valence electrons. The lowest BCUT2D eigenvalue weighted by Gasteiger charge is -2.27. The number of nitrogens with zero attached hydrogens (tertiary/aromatic N) is 4. The Bertz CT molecular complexity index is 1070. The van der Waals surface area contributed by atoms with Crippen molar-refractivity contribution in [2.24, 2.45) is 5.92 Å². The minimum Gasteiger partial charge on any atom is -0.349 e. The zero-order valence-corrected chi connectivity index (χ0v) is 20.5. The number of alkyl halides is 2. The van der Waals surface area contributed by atoms with Crippen LogP contribution >= 0.6 is 0 Å². The Morgan fingerprint density at radius 2 is 1.85 bits per heavy atom. The van der Waals surface area contributed by atoms with E-state index in [0.29, 0.717) is 12.0 Å². The maximum atomic E-state index is 12.4. The third-order valence-electron chi connectivity index (χ3n) is 6.56. The molecule has 6 nitrogen and oxygen atoms in total. The Morgan fingerprint density at radius 3 is 2.50 bits per heavy atom. The summed E-state index contributed by atoms with van der Waals surface area (Å²) in [5, 5.41) is 4.10. The third-order valence-corrected chi connectivity index (χ3v) is 6.56. The highest BCUT2D eigenvalue weighted by atomic mass is 19.3. The molecule has 1 fully saturated rings. The number of halogens is 2. The molecule has 1 aromatic carbocycles. The molecule has 1 saturated carbocycles. The highest BCUT2D eigenvalue weighted by Gasteiger charge is 2.24. The molecule has 0 bridgehead atoms. The molecule has 0 aliphatic heterocycles. The van der Waals surface area contributed by atoms with Crippen molar-refractivity contribution in [2.75, 3.05) is 26.0 Å². The number of aromatic nitrogens is 3. The molecule has 0 saturated heterocycles. The van der Waals surface area contributed by atoms with Gasteiger partial charge in [0.15, 0.2) is 0 Å². The molecular weight excluding hydrogens is 436 g/mol. The van der Waals surface area contributed by atoms with Crippen LogP contribution in [0, 0.1) is 5.92 Å². The van der Waals surface area contributed by atoms with Gasteiger partial charge in [0.2, 0.25) is 5.95 Å². The summed E-state index contributed by atoms with van der Waals surface area (Å²) in [6.45, 7) is 2.08. The van der Waals surface area contributed by atoms with Crippen LogP contribution in [0.15, 0.2) is 36.7 Å². The molecule has 1 aliphatic rings. The van der Waals surface area contributed by atoms with Gasteiger partial charge in [0.05, 0.1) is 6.61 Å². The summed E-state index contributed by atoms with van der Waals surface area (Å²) in [5.74, 6) is 1.18. The van der Waals surface area contributed by atoms with Gasteiger partial charge in [-0.25, -0.2) is 4.98 Å². The second-order valence-corrected chi connectivity index (χ2v) is 9.87. The highest BCUT2D eigenvalue weighted by Crippen LogP contribution is 2.38. The van der Waals surface area contributed by atoms with E-state index in [2.05, 4.69) is 76.0 Å². The van der Waals surface area contributed by atoms with Crippen LogP contribution in [0.1, 0.15) is 51.1 Å². The van der Waals surface area contributed by atoms with Crippen LogP contribution in [0.25, 0.3) is 22.2 Å². The SMILES string of the molecule is CC1CCC(n2cc(-c3ccc(CN(C)C)cc3)c3cnc(N[C@@H](C)COC(F)F)nc32)CC1. The van der Waals surface area contributed by atoms with Crippen LogP contribution in [-0.2, 0) is 11.3 Å². The van der Waals surface area contributed by atoms with E-state index in [1.54, 1.807) is 6.92 Å². The van der Waals surface area contributed by atoms with Crippen molar-refractivity contribution < 1.29 is 13.5 Å². The molecule has 0 spiro atoms. The first kappa shape index (κ1) is 24.5.